The summed E-state index contributed by atoms with van der Waals surface area (Å²) >= 11 is 0. The first-order chi connectivity index (χ1) is 13.7. The van der Waals surface area contributed by atoms with Crippen LogP contribution in [0, 0.1) is 6.92 Å². The minimum atomic E-state index is -2.59. The van der Waals surface area contributed by atoms with Crippen LogP contribution >= 0.6 is 0 Å². The number of rotatable bonds is 3. The third-order valence-electron chi connectivity index (χ3n) is 4.73. The van der Waals surface area contributed by atoms with Crippen molar-refractivity contribution < 1.29 is 8.78 Å². The van der Waals surface area contributed by atoms with Crippen LogP contribution in [-0.2, 0) is 0 Å². The van der Waals surface area contributed by atoms with Gasteiger partial charge in [-0.3, -0.25) is 0 Å². The maximum Gasteiger partial charge on any atom is 0.251 e. The molecule has 0 amide bonds. The molecule has 0 aliphatic carbocycles. The second-order valence-electron chi connectivity index (χ2n) is 6.93. The lowest BCUT2D eigenvalue weighted by Crippen LogP contribution is -2.39. The van der Waals surface area contributed by atoms with Crippen LogP contribution in [0.3, 0.4) is 0 Å². The van der Waals surface area contributed by atoms with Gasteiger partial charge in [0.05, 0.1) is 17.6 Å². The quantitative estimate of drug-likeness (QED) is 0.630. The molecule has 156 valence electrons. The predicted molar refractivity (Wildman–Crippen MR) is 119 cm³/mol. The molecule has 0 spiro atoms. The van der Waals surface area contributed by atoms with Gasteiger partial charge in [-0.05, 0) is 32.1 Å². The number of hydrogen-bond donors (Lipinski definition) is 0. The second kappa shape index (κ2) is 9.63. The molecule has 0 saturated carbocycles. The Hall–Kier alpha value is -2.76. The summed E-state index contributed by atoms with van der Waals surface area (Å²) in [6.07, 6.45) is 3.15. The predicted octanol–water partition coefficient (Wildman–Crippen LogP) is 5.93. The molecule has 1 aromatic rings. The zero-order valence-electron chi connectivity index (χ0n) is 17.8. The van der Waals surface area contributed by atoms with Gasteiger partial charge in [0.1, 0.15) is 5.84 Å². The van der Waals surface area contributed by atoms with E-state index in [0.29, 0.717) is 17.2 Å². The minimum absolute atomic E-state index is 0.163. The summed E-state index contributed by atoms with van der Waals surface area (Å²) in [5.41, 5.74) is 3.99. The van der Waals surface area contributed by atoms with Gasteiger partial charge in [0.2, 0.25) is 0 Å². The first-order valence-corrected chi connectivity index (χ1v) is 9.94. The number of aliphatic imine (C=N–C) groups is 1. The van der Waals surface area contributed by atoms with Gasteiger partial charge in [0, 0.05) is 37.2 Å². The van der Waals surface area contributed by atoms with Crippen LogP contribution in [0.4, 0.5) is 14.5 Å². The van der Waals surface area contributed by atoms with Gasteiger partial charge in [-0.25, -0.2) is 18.8 Å². The molecular weight excluding hydrogens is 370 g/mol. The molecule has 1 saturated heterocycles. The molecule has 2 aliphatic rings. The van der Waals surface area contributed by atoms with E-state index >= 15 is 0 Å². The third kappa shape index (κ3) is 5.86. The largest absolute Gasteiger partial charge is 0.371 e. The molecule has 0 atom stereocenters. The maximum atomic E-state index is 13.4. The number of amidine groups is 1. The monoisotopic (exact) mass is 400 g/mol. The molecule has 2 aliphatic heterocycles. The molecule has 0 unspecified atom stereocenters. The molecule has 1 fully saturated rings. The van der Waals surface area contributed by atoms with Gasteiger partial charge in [0.25, 0.3) is 5.92 Å². The van der Waals surface area contributed by atoms with E-state index in [1.165, 1.54) is 0 Å². The maximum absolute atomic E-state index is 13.4. The Bertz CT molecular complexity index is 825. The molecule has 0 aromatic heterocycles. The summed E-state index contributed by atoms with van der Waals surface area (Å²) in [7, 11) is 0. The molecule has 0 radical (unpaired) electrons. The number of hydrazone groups is 1. The van der Waals surface area contributed by atoms with Crippen LogP contribution in [-0.4, -0.2) is 36.0 Å². The first-order valence-electron chi connectivity index (χ1n) is 9.94. The van der Waals surface area contributed by atoms with E-state index < -0.39 is 5.92 Å². The van der Waals surface area contributed by atoms with Gasteiger partial charge in [-0.15, -0.1) is 0 Å². The van der Waals surface area contributed by atoms with E-state index in [4.69, 9.17) is 0 Å². The molecular formula is C23H30F2N4. The van der Waals surface area contributed by atoms with Crippen LogP contribution in [0.25, 0.3) is 0 Å². The summed E-state index contributed by atoms with van der Waals surface area (Å²) in [6.45, 7) is 16.5. The fraction of sp³-hybridized carbons (Fsp3) is 0.391. The van der Waals surface area contributed by atoms with Gasteiger partial charge in [-0.1, -0.05) is 44.7 Å². The van der Waals surface area contributed by atoms with Crippen molar-refractivity contribution in [2.75, 3.05) is 18.1 Å². The Balaban J connectivity index is 0.00000145. The molecule has 3 rings (SSSR count). The van der Waals surface area contributed by atoms with Crippen molar-refractivity contribution in [2.24, 2.45) is 10.1 Å². The van der Waals surface area contributed by atoms with Gasteiger partial charge in [-0.2, -0.15) is 5.10 Å². The number of allylic oxidation sites excluding steroid dienone is 2. The number of halogens is 2. The molecule has 6 heteroatoms. The van der Waals surface area contributed by atoms with Crippen LogP contribution in [0.2, 0.25) is 0 Å². The summed E-state index contributed by atoms with van der Waals surface area (Å²) < 4.78 is 26.9. The molecule has 0 N–H and O–H groups in total. The average molecular weight is 401 g/mol. The zero-order valence-corrected chi connectivity index (χ0v) is 17.8. The van der Waals surface area contributed by atoms with Gasteiger partial charge in [0.15, 0.2) is 0 Å². The third-order valence-corrected chi connectivity index (χ3v) is 4.73. The lowest BCUT2D eigenvalue weighted by molar-refractivity contribution is -0.0483. The number of aryl methyl sites for hydroxylation is 1. The lowest BCUT2D eigenvalue weighted by Gasteiger charge is -2.35. The number of hydrogen-bond acceptors (Lipinski definition) is 4. The summed E-state index contributed by atoms with van der Waals surface area (Å²) in [6, 6.07) is 7.96. The van der Waals surface area contributed by atoms with Crippen molar-refractivity contribution in [2.45, 2.75) is 46.5 Å². The number of alkyl halides is 2. The van der Waals surface area contributed by atoms with Gasteiger partial charge >= 0.3 is 0 Å². The van der Waals surface area contributed by atoms with E-state index in [0.717, 1.165) is 16.8 Å². The highest BCUT2D eigenvalue weighted by Crippen LogP contribution is 2.30. The number of nitrogens with zero attached hydrogens (tertiary/aromatic N) is 4. The molecule has 4 nitrogen and oxygen atoms in total. The van der Waals surface area contributed by atoms with E-state index in [1.807, 2.05) is 56.9 Å². The number of piperidine rings is 1. The Morgan fingerprint density at radius 2 is 1.66 bits per heavy atom. The second-order valence-corrected chi connectivity index (χ2v) is 6.93. The normalized spacial score (nSPS) is 21.7. The lowest BCUT2D eigenvalue weighted by atomic mass is 10.0. The molecule has 2 heterocycles. The van der Waals surface area contributed by atoms with Crippen LogP contribution < -0.4 is 5.01 Å². The highest BCUT2D eigenvalue weighted by molar-refractivity contribution is 5.99. The topological polar surface area (TPSA) is 31.2 Å². The smallest absolute Gasteiger partial charge is 0.251 e. The van der Waals surface area contributed by atoms with Crippen LogP contribution in [0.15, 0.2) is 70.6 Å². The summed E-state index contributed by atoms with van der Waals surface area (Å²) in [4.78, 5) is 6.37. The average Bonchev–Trinajstić information content (AvgIpc) is 2.68. The molecule has 29 heavy (non-hydrogen) atoms. The Morgan fingerprint density at radius 3 is 2.24 bits per heavy atom. The highest BCUT2D eigenvalue weighted by Gasteiger charge is 2.34. The van der Waals surface area contributed by atoms with Crippen molar-refractivity contribution >= 4 is 17.7 Å². The van der Waals surface area contributed by atoms with E-state index in [-0.39, 0.29) is 25.9 Å². The highest BCUT2D eigenvalue weighted by atomic mass is 19.3. The summed E-state index contributed by atoms with van der Waals surface area (Å²) in [5, 5.41) is 6.29. The Kier molecular flexibility index (Phi) is 7.48. The zero-order chi connectivity index (χ0) is 21.6. The van der Waals surface area contributed by atoms with Crippen molar-refractivity contribution in [3.8, 4) is 0 Å². The van der Waals surface area contributed by atoms with E-state index in [2.05, 4.69) is 23.3 Å². The van der Waals surface area contributed by atoms with Crippen molar-refractivity contribution in [3.63, 3.8) is 0 Å². The minimum Gasteiger partial charge on any atom is -0.371 e. The molecule has 0 bridgehead atoms. The fourth-order valence-corrected chi connectivity index (χ4v) is 3.09. The van der Waals surface area contributed by atoms with E-state index in [1.54, 1.807) is 17.3 Å². The molecule has 1 aromatic carbocycles. The number of benzene rings is 1. The van der Waals surface area contributed by atoms with E-state index in [9.17, 15) is 8.78 Å². The van der Waals surface area contributed by atoms with Crippen molar-refractivity contribution in [1.29, 1.82) is 0 Å². The van der Waals surface area contributed by atoms with Gasteiger partial charge < -0.3 is 4.90 Å². The van der Waals surface area contributed by atoms with Crippen molar-refractivity contribution in [1.82, 2.24) is 4.90 Å². The number of likely N-dealkylation sites (tertiary alicyclic amines) is 1. The van der Waals surface area contributed by atoms with Crippen LogP contribution in [0.5, 0.6) is 0 Å². The first kappa shape index (κ1) is 22.5. The summed E-state index contributed by atoms with van der Waals surface area (Å²) in [5.74, 6) is -1.90. The Morgan fingerprint density at radius 1 is 1.07 bits per heavy atom. The fourth-order valence-electron chi connectivity index (χ4n) is 3.09. The SMILES string of the molecule is C=C1/C=C(C(=C)N2CCC(F)(F)CC2)\C=N/N(c2ccc(C)cc2)C(C)=N1.CC. The van der Waals surface area contributed by atoms with Crippen LogP contribution in [0.1, 0.15) is 39.2 Å². The Labute approximate surface area is 172 Å². The number of anilines is 1. The standard InChI is InChI=1S/C21H24F2N4.C2H6/c1-15-5-7-20(8-6-15)27-18(4)25-16(2)13-19(14-24-27)17(3)26-11-9-21(22,23)10-12-26;1-2/h5-8,13-14H,2-3,9-12H2,1,4H3;1-2H3/b19-13+,24-14-,25-18?;. The van der Waals surface area contributed by atoms with Crippen molar-refractivity contribution in [3.05, 3.63) is 66.0 Å².